The number of thioether (sulfide) groups is 1. The molecule has 3 rings (SSSR count). The summed E-state index contributed by atoms with van der Waals surface area (Å²) in [5.74, 6) is 0.975. The molecule has 0 unspecified atom stereocenters. The number of rotatable bonds is 5. The molecule has 0 fully saturated rings. The number of carbonyl (C=O) groups is 1. The Hall–Kier alpha value is -2.00. The third-order valence-electron chi connectivity index (χ3n) is 3.82. The first-order valence-electron chi connectivity index (χ1n) is 7.81. The molecule has 2 N–H and O–H groups in total. The normalized spacial score (nSPS) is 15.3. The predicted octanol–water partition coefficient (Wildman–Crippen LogP) is 4.12. The lowest BCUT2D eigenvalue weighted by Gasteiger charge is -2.14. The lowest BCUT2D eigenvalue weighted by molar-refractivity contribution is -0.113. The van der Waals surface area contributed by atoms with Crippen LogP contribution in [0, 0.1) is 10.5 Å². The van der Waals surface area contributed by atoms with Crippen molar-refractivity contribution in [1.29, 1.82) is 0 Å². The van der Waals surface area contributed by atoms with Crippen molar-refractivity contribution in [1.82, 2.24) is 0 Å². The van der Waals surface area contributed by atoms with Crippen molar-refractivity contribution in [2.75, 3.05) is 7.11 Å². The summed E-state index contributed by atoms with van der Waals surface area (Å²) in [5.41, 5.74) is 8.72. The van der Waals surface area contributed by atoms with Gasteiger partial charge in [-0.2, -0.15) is 4.99 Å². The number of hydrogen-bond acceptors (Lipinski definition) is 5. The van der Waals surface area contributed by atoms with E-state index in [-0.39, 0.29) is 11.1 Å². The molecule has 0 saturated carbocycles. The van der Waals surface area contributed by atoms with Gasteiger partial charge in [0.15, 0.2) is 16.7 Å². The van der Waals surface area contributed by atoms with E-state index in [0.717, 1.165) is 14.7 Å². The van der Waals surface area contributed by atoms with Crippen LogP contribution in [0.4, 0.5) is 0 Å². The molecule has 1 amide bonds. The molecular formula is C19H17IN2O3S. The number of halogens is 1. The van der Waals surface area contributed by atoms with Gasteiger partial charge in [0.05, 0.1) is 15.6 Å². The molecule has 0 spiro atoms. The lowest BCUT2D eigenvalue weighted by atomic mass is 10.1. The van der Waals surface area contributed by atoms with Crippen LogP contribution in [0.1, 0.15) is 16.7 Å². The first kappa shape index (κ1) is 18.8. The van der Waals surface area contributed by atoms with Crippen LogP contribution in [-0.2, 0) is 11.4 Å². The smallest absolute Gasteiger partial charge is 0.286 e. The van der Waals surface area contributed by atoms with Crippen molar-refractivity contribution in [2.45, 2.75) is 13.5 Å². The summed E-state index contributed by atoms with van der Waals surface area (Å²) < 4.78 is 12.4. The van der Waals surface area contributed by atoms with Gasteiger partial charge < -0.3 is 15.2 Å². The van der Waals surface area contributed by atoms with E-state index < -0.39 is 0 Å². The number of hydrogen-bond donors (Lipinski definition) is 1. The van der Waals surface area contributed by atoms with E-state index in [1.807, 2.05) is 30.3 Å². The Morgan fingerprint density at radius 3 is 2.73 bits per heavy atom. The van der Waals surface area contributed by atoms with Gasteiger partial charge in [0.1, 0.15) is 6.61 Å². The lowest BCUT2D eigenvalue weighted by Crippen LogP contribution is -2.01. The zero-order valence-electron chi connectivity index (χ0n) is 14.3. The number of carbonyl (C=O) groups excluding carboxylic acids is 1. The van der Waals surface area contributed by atoms with Gasteiger partial charge in [0.2, 0.25) is 0 Å². The summed E-state index contributed by atoms with van der Waals surface area (Å²) in [5, 5.41) is 0.265. The zero-order valence-corrected chi connectivity index (χ0v) is 17.3. The van der Waals surface area contributed by atoms with Gasteiger partial charge >= 0.3 is 0 Å². The number of nitrogens with two attached hydrogens (primary N) is 1. The van der Waals surface area contributed by atoms with E-state index in [9.17, 15) is 4.79 Å². The van der Waals surface area contributed by atoms with E-state index in [2.05, 4.69) is 40.6 Å². The van der Waals surface area contributed by atoms with Crippen LogP contribution in [-0.4, -0.2) is 18.2 Å². The molecule has 0 aromatic heterocycles. The van der Waals surface area contributed by atoms with Gasteiger partial charge in [-0.05, 0) is 76.2 Å². The highest BCUT2D eigenvalue weighted by Crippen LogP contribution is 2.36. The Morgan fingerprint density at radius 1 is 1.31 bits per heavy atom. The second-order valence-corrected chi connectivity index (χ2v) is 7.84. The van der Waals surface area contributed by atoms with Crippen molar-refractivity contribution in [2.24, 2.45) is 10.7 Å². The first-order chi connectivity index (χ1) is 12.5. The SMILES string of the molecule is COc1cc(/C=C2\SC(N)=NC2=O)cc(I)c1OCc1ccccc1C. The molecule has 0 atom stereocenters. The summed E-state index contributed by atoms with van der Waals surface area (Å²) >= 11 is 3.37. The molecular weight excluding hydrogens is 463 g/mol. The third-order valence-corrected chi connectivity index (χ3v) is 5.43. The number of ether oxygens (including phenoxy) is 2. The second kappa shape index (κ2) is 8.13. The molecule has 7 heteroatoms. The van der Waals surface area contributed by atoms with Crippen molar-refractivity contribution in [3.05, 3.63) is 61.6 Å². The fraction of sp³-hybridized carbons (Fsp3) is 0.158. The molecule has 2 aromatic rings. The van der Waals surface area contributed by atoms with E-state index >= 15 is 0 Å². The van der Waals surface area contributed by atoms with Gasteiger partial charge in [0, 0.05) is 0 Å². The number of benzene rings is 2. The monoisotopic (exact) mass is 480 g/mol. The Bertz CT molecular complexity index is 925. The molecule has 1 heterocycles. The van der Waals surface area contributed by atoms with Crippen LogP contribution >= 0.6 is 34.4 Å². The van der Waals surface area contributed by atoms with E-state index in [0.29, 0.717) is 23.0 Å². The van der Waals surface area contributed by atoms with Crippen LogP contribution in [0.15, 0.2) is 46.3 Å². The summed E-state index contributed by atoms with van der Waals surface area (Å²) in [6.07, 6.45) is 1.76. The minimum atomic E-state index is -0.318. The van der Waals surface area contributed by atoms with Crippen molar-refractivity contribution >= 4 is 51.5 Å². The van der Waals surface area contributed by atoms with Crippen molar-refractivity contribution < 1.29 is 14.3 Å². The molecule has 134 valence electrons. The standard InChI is InChI=1S/C19H17IN2O3S/c1-11-5-3-4-6-13(11)10-25-17-14(20)7-12(8-15(17)24-2)9-16-18(23)22-19(21)26-16/h3-9H,10H2,1-2H3,(H2,21,22,23)/b16-9-. The zero-order chi connectivity index (χ0) is 18.7. The average molecular weight is 480 g/mol. The molecule has 2 aromatic carbocycles. The summed E-state index contributed by atoms with van der Waals surface area (Å²) in [4.78, 5) is 16.0. The molecule has 1 aliphatic heterocycles. The van der Waals surface area contributed by atoms with Gasteiger partial charge in [-0.15, -0.1) is 0 Å². The number of aryl methyl sites for hydroxylation is 1. The Kier molecular flexibility index (Phi) is 5.87. The maximum atomic E-state index is 11.8. The van der Waals surface area contributed by atoms with Gasteiger partial charge in [-0.1, -0.05) is 24.3 Å². The van der Waals surface area contributed by atoms with Crippen LogP contribution in [0.3, 0.4) is 0 Å². The van der Waals surface area contributed by atoms with Gasteiger partial charge in [-0.25, -0.2) is 0 Å². The average Bonchev–Trinajstić information content (AvgIpc) is 2.92. The van der Waals surface area contributed by atoms with Crippen molar-refractivity contribution in [3.8, 4) is 11.5 Å². The fourth-order valence-corrected chi connectivity index (χ4v) is 3.92. The van der Waals surface area contributed by atoms with E-state index in [4.69, 9.17) is 15.2 Å². The highest BCUT2D eigenvalue weighted by Gasteiger charge is 2.20. The molecule has 26 heavy (non-hydrogen) atoms. The molecule has 0 aliphatic carbocycles. The number of amidine groups is 1. The minimum Gasteiger partial charge on any atom is -0.493 e. The predicted molar refractivity (Wildman–Crippen MR) is 113 cm³/mol. The van der Waals surface area contributed by atoms with Gasteiger partial charge in [-0.3, -0.25) is 4.79 Å². The van der Waals surface area contributed by atoms with Gasteiger partial charge in [0.25, 0.3) is 5.91 Å². The number of methoxy groups -OCH3 is 1. The summed E-state index contributed by atoms with van der Waals surface area (Å²) in [6.45, 7) is 2.51. The number of amides is 1. The Morgan fingerprint density at radius 2 is 2.08 bits per heavy atom. The Balaban J connectivity index is 1.85. The van der Waals surface area contributed by atoms with Crippen LogP contribution in [0.2, 0.25) is 0 Å². The number of nitrogens with zero attached hydrogens (tertiary/aromatic N) is 1. The maximum Gasteiger partial charge on any atom is 0.286 e. The van der Waals surface area contributed by atoms with Crippen LogP contribution in [0.5, 0.6) is 11.5 Å². The quantitative estimate of drug-likeness (QED) is 0.515. The molecule has 0 bridgehead atoms. The molecule has 0 saturated heterocycles. The first-order valence-corrected chi connectivity index (χ1v) is 9.70. The third kappa shape index (κ3) is 4.21. The number of aliphatic imine (C=N–C) groups is 1. The van der Waals surface area contributed by atoms with Crippen LogP contribution < -0.4 is 15.2 Å². The minimum absolute atomic E-state index is 0.265. The molecule has 0 radical (unpaired) electrons. The van der Waals surface area contributed by atoms with E-state index in [1.165, 1.54) is 17.3 Å². The topological polar surface area (TPSA) is 73.9 Å². The fourth-order valence-electron chi connectivity index (χ4n) is 2.46. The Labute approximate surface area is 169 Å². The summed E-state index contributed by atoms with van der Waals surface area (Å²) in [6, 6.07) is 11.9. The molecule has 5 nitrogen and oxygen atoms in total. The largest absolute Gasteiger partial charge is 0.493 e. The van der Waals surface area contributed by atoms with Crippen molar-refractivity contribution in [3.63, 3.8) is 0 Å². The highest BCUT2D eigenvalue weighted by atomic mass is 127. The summed E-state index contributed by atoms with van der Waals surface area (Å²) in [7, 11) is 1.60. The van der Waals surface area contributed by atoms with Crippen LogP contribution in [0.25, 0.3) is 6.08 Å². The highest BCUT2D eigenvalue weighted by molar-refractivity contribution is 14.1. The molecule has 1 aliphatic rings. The maximum absolute atomic E-state index is 11.8. The second-order valence-electron chi connectivity index (χ2n) is 5.62. The van der Waals surface area contributed by atoms with E-state index in [1.54, 1.807) is 13.2 Å².